The van der Waals surface area contributed by atoms with E-state index in [9.17, 15) is 13.2 Å². The topological polar surface area (TPSA) is 78.9 Å². The fraction of sp³-hybridized carbons (Fsp3) is 0.500. The molecule has 2 atom stereocenters. The summed E-state index contributed by atoms with van der Waals surface area (Å²) in [7, 11) is -1.84. The Morgan fingerprint density at radius 1 is 1.12 bits per heavy atom. The van der Waals surface area contributed by atoms with E-state index in [2.05, 4.69) is 41.4 Å². The molecule has 7 nitrogen and oxygen atoms in total. The molecule has 1 saturated heterocycles. The molecule has 186 valence electrons. The molecule has 0 spiro atoms. The van der Waals surface area contributed by atoms with Crippen molar-refractivity contribution in [2.45, 2.75) is 52.2 Å². The van der Waals surface area contributed by atoms with Crippen LogP contribution in [-0.2, 0) is 14.8 Å². The number of hydrogen-bond acceptors (Lipinski definition) is 5. The largest absolute Gasteiger partial charge is 0.481 e. The van der Waals surface area contributed by atoms with E-state index in [1.165, 1.54) is 29.9 Å². The molecule has 0 unspecified atom stereocenters. The summed E-state index contributed by atoms with van der Waals surface area (Å²) < 4.78 is 30.5. The van der Waals surface area contributed by atoms with Crippen LogP contribution in [0.15, 0.2) is 48.5 Å². The maximum Gasteiger partial charge on any atom is 0.261 e. The lowest BCUT2D eigenvalue weighted by atomic mass is 9.98. The van der Waals surface area contributed by atoms with Crippen LogP contribution in [0.1, 0.15) is 51.6 Å². The summed E-state index contributed by atoms with van der Waals surface area (Å²) in [4.78, 5) is 15.3. The highest BCUT2D eigenvalue weighted by Gasteiger charge is 2.22. The van der Waals surface area contributed by atoms with Crippen molar-refractivity contribution in [2.75, 3.05) is 35.6 Å². The van der Waals surface area contributed by atoms with Crippen molar-refractivity contribution in [2.24, 2.45) is 5.92 Å². The summed E-state index contributed by atoms with van der Waals surface area (Å²) in [6, 6.07) is 15.0. The van der Waals surface area contributed by atoms with Gasteiger partial charge in [0.15, 0.2) is 6.10 Å². The molecule has 0 radical (unpaired) electrons. The number of amides is 1. The molecule has 3 rings (SSSR count). The zero-order valence-corrected chi connectivity index (χ0v) is 21.6. The molecule has 0 saturated carbocycles. The number of hydrogen-bond donors (Lipinski definition) is 1. The summed E-state index contributed by atoms with van der Waals surface area (Å²) in [5.41, 5.74) is 2.81. The van der Waals surface area contributed by atoms with Gasteiger partial charge in [-0.15, -0.1) is 0 Å². The first kappa shape index (κ1) is 25.9. The van der Waals surface area contributed by atoms with Crippen molar-refractivity contribution < 1.29 is 17.9 Å². The summed E-state index contributed by atoms with van der Waals surface area (Å²) in [5, 5.41) is 3.06. The van der Waals surface area contributed by atoms with E-state index in [1.54, 1.807) is 24.3 Å². The Balaban J connectivity index is 1.58. The van der Waals surface area contributed by atoms with Gasteiger partial charge in [-0.3, -0.25) is 9.10 Å². The summed E-state index contributed by atoms with van der Waals surface area (Å²) in [5.74, 6) is 1.13. The number of benzene rings is 2. The van der Waals surface area contributed by atoms with Crippen LogP contribution < -0.4 is 19.3 Å². The number of piperidine rings is 1. The van der Waals surface area contributed by atoms with Gasteiger partial charge in [-0.1, -0.05) is 26.0 Å². The number of anilines is 2. The van der Waals surface area contributed by atoms with E-state index >= 15 is 0 Å². The quantitative estimate of drug-likeness (QED) is 0.569. The third kappa shape index (κ3) is 6.65. The van der Waals surface area contributed by atoms with Gasteiger partial charge in [0.1, 0.15) is 5.75 Å². The monoisotopic (exact) mass is 487 g/mol. The highest BCUT2D eigenvalue weighted by atomic mass is 32.2. The normalized spacial score (nSPS) is 16.6. The molecule has 0 bridgehead atoms. The minimum atomic E-state index is -3.34. The second-order valence-corrected chi connectivity index (χ2v) is 11.2. The van der Waals surface area contributed by atoms with E-state index < -0.39 is 16.1 Å². The van der Waals surface area contributed by atoms with Crippen LogP contribution in [0.5, 0.6) is 5.75 Å². The van der Waals surface area contributed by atoms with Crippen LogP contribution in [0.2, 0.25) is 0 Å². The van der Waals surface area contributed by atoms with E-state index in [-0.39, 0.29) is 11.9 Å². The minimum Gasteiger partial charge on any atom is -0.481 e. The SMILES string of the molecule is CC[C@@H](Oc1ccc(N(C)S(C)(=O)=O)cc1)C(=O)N[C@@H](C)c1ccc(N2CCC(C)CC2)cc1. The van der Waals surface area contributed by atoms with Gasteiger partial charge in [-0.2, -0.15) is 0 Å². The van der Waals surface area contributed by atoms with Crippen LogP contribution in [0, 0.1) is 5.92 Å². The predicted molar refractivity (Wildman–Crippen MR) is 138 cm³/mol. The van der Waals surface area contributed by atoms with Gasteiger partial charge < -0.3 is 15.0 Å². The molecule has 1 heterocycles. The minimum absolute atomic E-state index is 0.147. The van der Waals surface area contributed by atoms with E-state index in [0.29, 0.717) is 17.9 Å². The number of nitrogens with one attached hydrogen (secondary N) is 1. The average molecular weight is 488 g/mol. The highest BCUT2D eigenvalue weighted by molar-refractivity contribution is 7.92. The second-order valence-electron chi connectivity index (χ2n) is 9.23. The number of sulfonamides is 1. The number of nitrogens with zero attached hydrogens (tertiary/aromatic N) is 2. The Hall–Kier alpha value is -2.74. The van der Waals surface area contributed by atoms with Crippen LogP contribution in [-0.4, -0.2) is 46.8 Å². The molecule has 1 aliphatic rings. The van der Waals surface area contributed by atoms with Crippen molar-refractivity contribution in [3.05, 3.63) is 54.1 Å². The van der Waals surface area contributed by atoms with E-state index in [4.69, 9.17) is 4.74 Å². The number of rotatable bonds is 9. The first-order valence-electron chi connectivity index (χ1n) is 11.9. The van der Waals surface area contributed by atoms with Crippen molar-refractivity contribution in [1.29, 1.82) is 0 Å². The molecule has 1 fully saturated rings. The average Bonchev–Trinajstić information content (AvgIpc) is 2.82. The van der Waals surface area contributed by atoms with Crippen LogP contribution in [0.4, 0.5) is 11.4 Å². The Morgan fingerprint density at radius 3 is 2.24 bits per heavy atom. The van der Waals surface area contributed by atoms with Crippen LogP contribution in [0.3, 0.4) is 0 Å². The molecule has 1 N–H and O–H groups in total. The van der Waals surface area contributed by atoms with Crippen molar-refractivity contribution in [1.82, 2.24) is 5.32 Å². The lowest BCUT2D eigenvalue weighted by Gasteiger charge is -2.32. The molecule has 0 aromatic heterocycles. The van der Waals surface area contributed by atoms with Crippen LogP contribution in [0.25, 0.3) is 0 Å². The van der Waals surface area contributed by atoms with Gasteiger partial charge in [0.05, 0.1) is 18.0 Å². The molecule has 2 aromatic carbocycles. The third-order valence-corrected chi connectivity index (χ3v) is 7.75. The fourth-order valence-corrected chi connectivity index (χ4v) is 4.55. The zero-order valence-electron chi connectivity index (χ0n) is 20.8. The summed E-state index contributed by atoms with van der Waals surface area (Å²) in [6.45, 7) is 8.36. The molecular weight excluding hydrogens is 450 g/mol. The summed E-state index contributed by atoms with van der Waals surface area (Å²) in [6.07, 6.45) is 3.47. The molecule has 34 heavy (non-hydrogen) atoms. The molecule has 0 aliphatic carbocycles. The molecule has 8 heteroatoms. The Morgan fingerprint density at radius 2 is 1.71 bits per heavy atom. The van der Waals surface area contributed by atoms with Crippen molar-refractivity contribution in [3.8, 4) is 5.75 Å². The fourth-order valence-electron chi connectivity index (χ4n) is 4.04. The number of ether oxygens (including phenoxy) is 1. The smallest absolute Gasteiger partial charge is 0.261 e. The van der Waals surface area contributed by atoms with Gasteiger partial charge in [0.25, 0.3) is 5.91 Å². The maximum absolute atomic E-state index is 12.9. The first-order chi connectivity index (χ1) is 16.1. The Labute approximate surface area is 204 Å². The van der Waals surface area contributed by atoms with Gasteiger partial charge in [0, 0.05) is 25.8 Å². The van der Waals surface area contributed by atoms with E-state index in [0.717, 1.165) is 30.8 Å². The second kappa shape index (κ2) is 11.1. The Kier molecular flexibility index (Phi) is 8.47. The van der Waals surface area contributed by atoms with Gasteiger partial charge in [0.2, 0.25) is 10.0 Å². The lowest BCUT2D eigenvalue weighted by molar-refractivity contribution is -0.128. The van der Waals surface area contributed by atoms with Crippen molar-refractivity contribution >= 4 is 27.3 Å². The van der Waals surface area contributed by atoms with Crippen molar-refractivity contribution in [3.63, 3.8) is 0 Å². The standard InChI is InChI=1S/C26H37N3O4S/c1-6-25(33-24-13-11-22(12-14-24)28(4)34(5,31)32)26(30)27-20(3)21-7-9-23(10-8-21)29-17-15-19(2)16-18-29/h7-14,19-20,25H,6,15-18H2,1-5H3,(H,27,30)/t20-,25+/m0/s1. The van der Waals surface area contributed by atoms with Gasteiger partial charge >= 0.3 is 0 Å². The van der Waals surface area contributed by atoms with Gasteiger partial charge in [-0.25, -0.2) is 8.42 Å². The van der Waals surface area contributed by atoms with Crippen LogP contribution >= 0.6 is 0 Å². The zero-order chi connectivity index (χ0) is 24.9. The molecule has 1 aliphatic heterocycles. The van der Waals surface area contributed by atoms with E-state index in [1.807, 2.05) is 13.8 Å². The highest BCUT2D eigenvalue weighted by Crippen LogP contribution is 2.25. The van der Waals surface area contributed by atoms with Gasteiger partial charge in [-0.05, 0) is 74.1 Å². The molecular formula is C26H37N3O4S. The maximum atomic E-state index is 12.9. The third-order valence-electron chi connectivity index (χ3n) is 6.54. The number of carbonyl (C=O) groups is 1. The lowest BCUT2D eigenvalue weighted by Crippen LogP contribution is -2.39. The molecule has 1 amide bonds. The first-order valence-corrected chi connectivity index (χ1v) is 13.8. The number of carbonyl (C=O) groups excluding carboxylic acids is 1. The predicted octanol–water partition coefficient (Wildman–Crippen LogP) is 4.35. The Bertz CT molecular complexity index is 1050. The summed E-state index contributed by atoms with van der Waals surface area (Å²) >= 11 is 0. The molecule has 2 aromatic rings.